The Morgan fingerprint density at radius 1 is 1.10 bits per heavy atom. The van der Waals surface area contributed by atoms with Crippen LogP contribution in [0, 0.1) is 5.92 Å². The minimum Gasteiger partial charge on any atom is -0.384 e. The third kappa shape index (κ3) is 5.14. The normalized spacial score (nSPS) is 20.6. The fourth-order valence-electron chi connectivity index (χ4n) is 4.02. The molecule has 0 amide bonds. The molecule has 29 heavy (non-hydrogen) atoms. The number of rotatable bonds is 6. The number of ether oxygens (including phenoxy) is 2. The molecule has 0 radical (unpaired) electrons. The van der Waals surface area contributed by atoms with Gasteiger partial charge in [0.05, 0.1) is 18.5 Å². The van der Waals surface area contributed by atoms with Crippen molar-refractivity contribution >= 4 is 17.3 Å². The van der Waals surface area contributed by atoms with Gasteiger partial charge < -0.3 is 20.1 Å². The summed E-state index contributed by atoms with van der Waals surface area (Å²) in [5, 5.41) is 0. The zero-order valence-electron chi connectivity index (χ0n) is 16.8. The van der Waals surface area contributed by atoms with Gasteiger partial charge in [0.25, 0.3) is 0 Å². The molecule has 6 heteroatoms. The molecule has 154 valence electrons. The van der Waals surface area contributed by atoms with E-state index >= 15 is 0 Å². The molecule has 6 nitrogen and oxygen atoms in total. The Kier molecular flexibility index (Phi) is 6.42. The van der Waals surface area contributed by atoms with Crippen LogP contribution in [0.3, 0.4) is 0 Å². The Balaban J connectivity index is 1.27. The summed E-state index contributed by atoms with van der Waals surface area (Å²) in [5.74, 6) is 0.841. The molecule has 0 saturated carbocycles. The van der Waals surface area contributed by atoms with Crippen molar-refractivity contribution in [2.24, 2.45) is 5.92 Å². The van der Waals surface area contributed by atoms with Gasteiger partial charge in [0.15, 0.2) is 12.1 Å². The van der Waals surface area contributed by atoms with Crippen LogP contribution in [-0.4, -0.2) is 36.8 Å². The van der Waals surface area contributed by atoms with E-state index in [2.05, 4.69) is 9.88 Å². The number of carbonyl (C=O) groups is 1. The molecular weight excluding hydrogens is 366 g/mol. The second kappa shape index (κ2) is 9.37. The molecule has 3 heterocycles. The summed E-state index contributed by atoms with van der Waals surface area (Å²) < 4.78 is 11.4. The van der Waals surface area contributed by atoms with Gasteiger partial charge in [-0.25, -0.2) is 4.98 Å². The lowest BCUT2D eigenvalue weighted by Crippen LogP contribution is -2.36. The number of nitrogens with two attached hydrogens (primary N) is 1. The zero-order valence-corrected chi connectivity index (χ0v) is 16.8. The number of hydrogen-bond donors (Lipinski definition) is 1. The summed E-state index contributed by atoms with van der Waals surface area (Å²) in [6.45, 7) is 3.02. The summed E-state index contributed by atoms with van der Waals surface area (Å²) in [6.07, 6.45) is 6.66. The van der Waals surface area contributed by atoms with Gasteiger partial charge in [0, 0.05) is 31.2 Å². The molecule has 1 aromatic carbocycles. The molecule has 0 aliphatic carbocycles. The van der Waals surface area contributed by atoms with E-state index in [0.717, 1.165) is 68.6 Å². The lowest BCUT2D eigenvalue weighted by atomic mass is 9.88. The van der Waals surface area contributed by atoms with Crippen LogP contribution in [0.2, 0.25) is 0 Å². The number of aromatic nitrogens is 1. The summed E-state index contributed by atoms with van der Waals surface area (Å²) in [4.78, 5) is 19.3. The first kappa shape index (κ1) is 19.9. The quantitative estimate of drug-likeness (QED) is 0.750. The highest BCUT2D eigenvalue weighted by atomic mass is 16.7. The number of benzene rings is 1. The topological polar surface area (TPSA) is 77.7 Å². The van der Waals surface area contributed by atoms with Crippen molar-refractivity contribution < 1.29 is 14.3 Å². The summed E-state index contributed by atoms with van der Waals surface area (Å²) >= 11 is 0. The smallest absolute Gasteiger partial charge is 0.166 e. The van der Waals surface area contributed by atoms with E-state index in [1.165, 1.54) is 0 Å². The van der Waals surface area contributed by atoms with Crippen molar-refractivity contribution in [2.75, 3.05) is 30.3 Å². The van der Waals surface area contributed by atoms with Crippen molar-refractivity contribution in [3.8, 4) is 0 Å². The molecule has 2 N–H and O–H groups in total. The summed E-state index contributed by atoms with van der Waals surface area (Å²) in [6, 6.07) is 11.6. The zero-order chi connectivity index (χ0) is 20.1. The summed E-state index contributed by atoms with van der Waals surface area (Å²) in [7, 11) is 0. The first-order chi connectivity index (χ1) is 14.2. The Labute approximate surface area is 172 Å². The molecule has 2 fully saturated rings. The molecule has 1 atom stereocenters. The standard InChI is InChI=1S/C23H29N3O3/c24-21-9-8-20(15-25-21)26-12-10-19(11-13-26)23(27)18-6-4-17(5-7-18)16-29-22-3-1-2-14-28-22/h4-9,15,19,22H,1-3,10-14,16H2,(H2,24,25). The average molecular weight is 396 g/mol. The van der Waals surface area contributed by atoms with Crippen LogP contribution in [-0.2, 0) is 16.1 Å². The molecule has 2 aliphatic heterocycles. The number of Topliss-reactive ketones (excluding diaryl/α,β-unsaturated/α-hetero) is 1. The summed E-state index contributed by atoms with van der Waals surface area (Å²) in [5.41, 5.74) is 8.59. The van der Waals surface area contributed by atoms with Crippen LogP contribution in [0.4, 0.5) is 11.5 Å². The van der Waals surface area contributed by atoms with E-state index < -0.39 is 0 Å². The number of pyridine rings is 1. The van der Waals surface area contributed by atoms with Crippen LogP contribution in [0.25, 0.3) is 0 Å². The van der Waals surface area contributed by atoms with Gasteiger partial charge in [-0.3, -0.25) is 4.79 Å². The first-order valence-electron chi connectivity index (χ1n) is 10.5. The number of nitrogen functional groups attached to an aromatic ring is 1. The largest absolute Gasteiger partial charge is 0.384 e. The van der Waals surface area contributed by atoms with Crippen molar-refractivity contribution in [1.82, 2.24) is 4.98 Å². The van der Waals surface area contributed by atoms with Gasteiger partial charge in [-0.1, -0.05) is 24.3 Å². The van der Waals surface area contributed by atoms with Crippen molar-refractivity contribution in [3.05, 3.63) is 53.7 Å². The Morgan fingerprint density at radius 3 is 2.55 bits per heavy atom. The Bertz CT molecular complexity index is 793. The van der Waals surface area contributed by atoms with Gasteiger partial charge in [0.1, 0.15) is 5.82 Å². The SMILES string of the molecule is Nc1ccc(N2CCC(C(=O)c3ccc(COC4CCCCO4)cc3)CC2)cn1. The van der Waals surface area contributed by atoms with Crippen LogP contribution in [0.15, 0.2) is 42.6 Å². The highest BCUT2D eigenvalue weighted by Gasteiger charge is 2.26. The fraction of sp³-hybridized carbons (Fsp3) is 0.478. The number of carbonyl (C=O) groups excluding carboxylic acids is 1. The highest BCUT2D eigenvalue weighted by molar-refractivity contribution is 5.98. The maximum Gasteiger partial charge on any atom is 0.166 e. The monoisotopic (exact) mass is 395 g/mol. The third-order valence-corrected chi connectivity index (χ3v) is 5.81. The van der Waals surface area contributed by atoms with Gasteiger partial charge >= 0.3 is 0 Å². The van der Waals surface area contributed by atoms with Crippen LogP contribution in [0.5, 0.6) is 0 Å². The van der Waals surface area contributed by atoms with Gasteiger partial charge in [0.2, 0.25) is 0 Å². The van der Waals surface area contributed by atoms with Crippen LogP contribution in [0.1, 0.15) is 48.0 Å². The maximum absolute atomic E-state index is 12.9. The van der Waals surface area contributed by atoms with Gasteiger partial charge in [-0.15, -0.1) is 0 Å². The van der Waals surface area contributed by atoms with E-state index in [-0.39, 0.29) is 18.0 Å². The van der Waals surface area contributed by atoms with Crippen molar-refractivity contribution in [3.63, 3.8) is 0 Å². The van der Waals surface area contributed by atoms with E-state index in [9.17, 15) is 4.79 Å². The molecule has 4 rings (SSSR count). The van der Waals surface area contributed by atoms with Crippen molar-refractivity contribution in [2.45, 2.75) is 45.0 Å². The van der Waals surface area contributed by atoms with Crippen molar-refractivity contribution in [1.29, 1.82) is 0 Å². The van der Waals surface area contributed by atoms with Gasteiger partial charge in [-0.05, 0) is 49.8 Å². The highest BCUT2D eigenvalue weighted by Crippen LogP contribution is 2.26. The number of nitrogens with zero attached hydrogens (tertiary/aromatic N) is 2. The van der Waals surface area contributed by atoms with Gasteiger partial charge in [-0.2, -0.15) is 0 Å². The number of piperidine rings is 1. The van der Waals surface area contributed by atoms with E-state index in [1.54, 1.807) is 6.20 Å². The average Bonchev–Trinajstić information content (AvgIpc) is 2.79. The van der Waals surface area contributed by atoms with Crippen LogP contribution >= 0.6 is 0 Å². The second-order valence-corrected chi connectivity index (χ2v) is 7.87. The minimum atomic E-state index is -0.0912. The predicted molar refractivity (Wildman–Crippen MR) is 113 cm³/mol. The lowest BCUT2D eigenvalue weighted by Gasteiger charge is -2.32. The molecule has 1 unspecified atom stereocenters. The molecule has 1 aromatic heterocycles. The Hall–Kier alpha value is -2.44. The molecule has 2 aromatic rings. The molecule has 0 spiro atoms. The van der Waals surface area contributed by atoms with Crippen LogP contribution < -0.4 is 10.6 Å². The molecule has 0 bridgehead atoms. The molecule has 2 saturated heterocycles. The second-order valence-electron chi connectivity index (χ2n) is 7.87. The number of anilines is 2. The fourth-order valence-corrected chi connectivity index (χ4v) is 4.02. The van der Waals surface area contributed by atoms with E-state index in [4.69, 9.17) is 15.2 Å². The third-order valence-electron chi connectivity index (χ3n) is 5.81. The molecule has 2 aliphatic rings. The van der Waals surface area contributed by atoms with E-state index in [0.29, 0.717) is 12.4 Å². The lowest BCUT2D eigenvalue weighted by molar-refractivity contribution is -0.168. The Morgan fingerprint density at radius 2 is 1.90 bits per heavy atom. The maximum atomic E-state index is 12.9. The van der Waals surface area contributed by atoms with E-state index in [1.807, 2.05) is 36.4 Å². The minimum absolute atomic E-state index is 0.0747. The predicted octanol–water partition coefficient (Wildman–Crippen LogP) is 3.81. The number of ketones is 1. The number of hydrogen-bond acceptors (Lipinski definition) is 6. The molecular formula is C23H29N3O3. The first-order valence-corrected chi connectivity index (χ1v) is 10.5.